The first-order valence-electron chi connectivity index (χ1n) is 21.3. The summed E-state index contributed by atoms with van der Waals surface area (Å²) in [6.45, 7) is 3.25. The van der Waals surface area contributed by atoms with Crippen molar-refractivity contribution in [3.8, 4) is 0 Å². The number of nitrogens with one attached hydrogen (secondary N) is 2. The maximum atomic E-state index is 14.5. The third-order valence-electron chi connectivity index (χ3n) is 11.5. The number of aromatic nitrogens is 1. The largest absolute Gasteiger partial charge is 0.481 e. The zero-order valence-corrected chi connectivity index (χ0v) is 41.3. The number of hydrogen-bond donors (Lipinski definition) is 7. The fraction of sp³-hybridized carbons (Fsp3) is 0.442. The summed E-state index contributed by atoms with van der Waals surface area (Å²) < 4.78 is 135. The predicted molar refractivity (Wildman–Crippen MR) is 254 cm³/mol. The smallest absolute Gasteiger partial charge is 0.303 e. The van der Waals surface area contributed by atoms with Crippen molar-refractivity contribution in [3.63, 3.8) is 0 Å². The van der Waals surface area contributed by atoms with Crippen LogP contribution in [0.5, 0.6) is 0 Å². The molecule has 1 atom stereocenters. The molecule has 5 rings (SSSR count). The highest BCUT2D eigenvalue weighted by Gasteiger charge is 2.48. The Hall–Kier alpha value is -4.86. The molecule has 2 aromatic carbocycles. The van der Waals surface area contributed by atoms with Gasteiger partial charge in [-0.15, -0.1) is 0 Å². The summed E-state index contributed by atoms with van der Waals surface area (Å²) in [5.74, 6) is -4.54. The number of nitrogens with zero attached hydrogens (tertiary/aromatic N) is 2. The monoisotopic (exact) mass is 1040 g/mol. The molecule has 1 unspecified atom stereocenters. The van der Waals surface area contributed by atoms with Crippen LogP contribution in [-0.2, 0) is 66.8 Å². The number of carboxylic acids is 1. The van der Waals surface area contributed by atoms with Crippen molar-refractivity contribution in [2.45, 2.75) is 82.1 Å². The minimum absolute atomic E-state index is 0.0225. The van der Waals surface area contributed by atoms with Crippen molar-refractivity contribution < 1.29 is 75.9 Å². The lowest BCUT2D eigenvalue weighted by Crippen LogP contribution is -2.53. The predicted octanol–water partition coefficient (Wildman–Crippen LogP) is 4.08. The third-order valence-corrected chi connectivity index (χ3v) is 15.8. The van der Waals surface area contributed by atoms with Gasteiger partial charge in [0.05, 0.1) is 22.2 Å². The first kappa shape index (κ1) is 54.1. The number of aryl methyl sites for hydroxylation is 1. The standard InChI is InChI=1S/C43H54N4O16S5/c1-42(2)33-27-32(68(61,62)63)15-16-34(33)46(21-8-23-65(52,53)54)37(42)17-13-30-26-31(14-18-38-47(22-9-24-66(55,56)57)35-10-5-6-11-36(35)64-38)29-43(28-30,41(51)45-20-25-67(58,59)60)40(50)44-19-7-3-4-12-39(48)49/h5-6,10-11,13-18,26-27H,3-4,7-9,12,19-25,28-29H2,1-2H3,(H6-,44,45,48,49,50,51,52,53,54,55,56,57,58,59,60,61,62,63)/p+1. The zero-order valence-electron chi connectivity index (χ0n) is 37.2. The van der Waals surface area contributed by atoms with E-state index in [1.54, 1.807) is 49.1 Å². The molecule has 0 spiro atoms. The molecule has 0 saturated heterocycles. The number of para-hydroxylation sites is 1. The number of rotatable bonds is 23. The Bertz CT molecular complexity index is 3010. The van der Waals surface area contributed by atoms with Crippen LogP contribution in [-0.4, -0.2) is 112 Å². The van der Waals surface area contributed by atoms with Gasteiger partial charge in [0.25, 0.3) is 45.5 Å². The number of hydrogen-bond acceptors (Lipinski definition) is 13. The van der Waals surface area contributed by atoms with Crippen molar-refractivity contribution in [1.82, 2.24) is 10.6 Å². The number of fused-ring (bicyclic) bond motifs is 2. The van der Waals surface area contributed by atoms with Crippen molar-refractivity contribution in [1.29, 1.82) is 0 Å². The molecule has 2 aliphatic rings. The van der Waals surface area contributed by atoms with Gasteiger partial charge in [-0.1, -0.05) is 62.0 Å². The topological polar surface area (TPSA) is 320 Å². The first-order chi connectivity index (χ1) is 31.6. The van der Waals surface area contributed by atoms with Gasteiger partial charge in [-0.25, -0.2) is 0 Å². The van der Waals surface area contributed by atoms with Crippen LogP contribution in [0.15, 0.2) is 88.5 Å². The Morgan fingerprint density at radius 3 is 2.06 bits per heavy atom. The number of allylic oxidation sites excluding steroid dienone is 7. The van der Waals surface area contributed by atoms with Crippen molar-refractivity contribution in [2.75, 3.05) is 41.8 Å². The Balaban J connectivity index is 1.65. The van der Waals surface area contributed by atoms with Gasteiger partial charge in [0.2, 0.25) is 17.3 Å². The maximum absolute atomic E-state index is 14.5. The van der Waals surface area contributed by atoms with Gasteiger partial charge in [-0.05, 0) is 79.2 Å². The molecule has 3 aromatic rings. The van der Waals surface area contributed by atoms with E-state index in [9.17, 15) is 66.3 Å². The quantitative estimate of drug-likeness (QED) is 0.0304. The molecule has 1 aliphatic heterocycles. The highest BCUT2D eigenvalue weighted by molar-refractivity contribution is 7.86. The van der Waals surface area contributed by atoms with E-state index in [1.165, 1.54) is 29.5 Å². The summed E-state index contributed by atoms with van der Waals surface area (Å²) in [6.07, 6.45) is 9.01. The highest BCUT2D eigenvalue weighted by atomic mass is 32.2. The molecular weight excluding hydrogens is 989 g/mol. The number of aliphatic carboxylic acids is 1. The summed E-state index contributed by atoms with van der Waals surface area (Å²) in [6, 6.07) is 11.3. The van der Waals surface area contributed by atoms with Crippen LogP contribution in [0.25, 0.3) is 16.3 Å². The summed E-state index contributed by atoms with van der Waals surface area (Å²) >= 11 is 1.37. The van der Waals surface area contributed by atoms with Gasteiger partial charge in [-0.3, -0.25) is 32.6 Å². The summed E-state index contributed by atoms with van der Waals surface area (Å²) in [5, 5.41) is 15.0. The number of thiazole rings is 1. The molecular formula is C43H55N4O16S5+. The van der Waals surface area contributed by atoms with Crippen LogP contribution in [0.3, 0.4) is 0 Å². The van der Waals surface area contributed by atoms with Gasteiger partial charge < -0.3 is 20.6 Å². The minimum atomic E-state index is -4.65. The number of carbonyl (C=O) groups is 3. The van der Waals surface area contributed by atoms with Gasteiger partial charge in [0.1, 0.15) is 10.1 Å². The molecule has 1 aliphatic carbocycles. The molecule has 7 N–H and O–H groups in total. The molecule has 0 bridgehead atoms. The van der Waals surface area contributed by atoms with E-state index in [1.807, 2.05) is 28.8 Å². The van der Waals surface area contributed by atoms with Gasteiger partial charge in [-0.2, -0.15) is 38.2 Å². The summed E-state index contributed by atoms with van der Waals surface area (Å²) in [7, 11) is -17.8. The average Bonchev–Trinajstić information content (AvgIpc) is 3.68. The van der Waals surface area contributed by atoms with Crippen LogP contribution in [0.2, 0.25) is 0 Å². The maximum Gasteiger partial charge on any atom is 0.303 e. The normalized spacial score (nSPS) is 18.9. The van der Waals surface area contributed by atoms with Gasteiger partial charge in [0, 0.05) is 61.4 Å². The van der Waals surface area contributed by atoms with Crippen LogP contribution in [0.1, 0.15) is 75.8 Å². The SMILES string of the molecule is CC1(C)C(=CC=C2C=C(C=Cc3sc4ccccc4[n+]3CCCS(=O)(=O)O)CC(C(=O)NCCCCCC(=O)O)(C(=O)NCCS(=O)(=O)O)C2)N(CCCS(=O)(=O)O)c2ccc(S(=O)(=O)O)cc21. The van der Waals surface area contributed by atoms with Crippen molar-refractivity contribution >= 4 is 91.6 Å². The Labute approximate surface area is 399 Å². The van der Waals surface area contributed by atoms with E-state index in [4.69, 9.17) is 5.11 Å². The fourth-order valence-electron chi connectivity index (χ4n) is 8.29. The summed E-state index contributed by atoms with van der Waals surface area (Å²) in [5.41, 5.74) is 0.0644. The number of amides is 2. The number of benzene rings is 2. The van der Waals surface area contributed by atoms with E-state index in [0.717, 1.165) is 10.2 Å². The van der Waals surface area contributed by atoms with Crippen LogP contribution in [0, 0.1) is 5.41 Å². The minimum Gasteiger partial charge on any atom is -0.481 e. The fourth-order valence-corrected chi connectivity index (χ4v) is 11.2. The number of carboxylic acid groups (broad SMARTS) is 1. The van der Waals surface area contributed by atoms with Crippen LogP contribution in [0.4, 0.5) is 5.69 Å². The number of unbranched alkanes of at least 4 members (excludes halogenated alkanes) is 2. The molecule has 0 radical (unpaired) electrons. The lowest BCUT2D eigenvalue weighted by atomic mass is 9.70. The van der Waals surface area contributed by atoms with Crippen LogP contribution < -0.4 is 20.1 Å². The molecule has 2 amide bonds. The van der Waals surface area contributed by atoms with E-state index in [0.29, 0.717) is 52.4 Å². The molecule has 2 heterocycles. The summed E-state index contributed by atoms with van der Waals surface area (Å²) in [4.78, 5) is 41.4. The Kier molecular flexibility index (Phi) is 17.4. The lowest BCUT2D eigenvalue weighted by molar-refractivity contribution is -0.668. The second-order valence-electron chi connectivity index (χ2n) is 17.1. The zero-order chi connectivity index (χ0) is 50.3. The Morgan fingerprint density at radius 2 is 1.41 bits per heavy atom. The number of carbonyl (C=O) groups excluding carboxylic acids is 2. The highest BCUT2D eigenvalue weighted by Crippen LogP contribution is 2.49. The average molecular weight is 1040 g/mol. The Morgan fingerprint density at radius 1 is 0.765 bits per heavy atom. The van der Waals surface area contributed by atoms with Gasteiger partial charge >= 0.3 is 5.97 Å². The number of anilines is 1. The van der Waals surface area contributed by atoms with Crippen molar-refractivity contribution in [2.24, 2.45) is 5.41 Å². The molecule has 1 aromatic heterocycles. The lowest BCUT2D eigenvalue weighted by Gasteiger charge is -2.35. The molecule has 68 heavy (non-hydrogen) atoms. The molecule has 0 saturated carbocycles. The molecule has 25 heteroatoms. The first-order valence-corrected chi connectivity index (χ1v) is 28.4. The van der Waals surface area contributed by atoms with E-state index in [-0.39, 0.29) is 56.6 Å². The molecule has 372 valence electrons. The van der Waals surface area contributed by atoms with E-state index in [2.05, 4.69) is 10.6 Å². The second-order valence-corrected chi connectivity index (χ2v) is 24.3. The van der Waals surface area contributed by atoms with Crippen LogP contribution >= 0.6 is 11.3 Å². The molecule has 0 fully saturated rings. The van der Waals surface area contributed by atoms with E-state index < -0.39 is 92.9 Å². The van der Waals surface area contributed by atoms with E-state index >= 15 is 0 Å². The third kappa shape index (κ3) is 14.6. The molecule has 20 nitrogen and oxygen atoms in total. The second kappa shape index (κ2) is 21.8. The van der Waals surface area contributed by atoms with Crippen molar-refractivity contribution in [3.05, 3.63) is 94.2 Å². The van der Waals surface area contributed by atoms with Gasteiger partial charge in [0.15, 0.2) is 6.54 Å².